The molecular formula is C23H20N2O4. The smallest absolute Gasteiger partial charge is 0.407 e. The first-order valence-electron chi connectivity index (χ1n) is 9.32. The van der Waals surface area contributed by atoms with E-state index in [0.29, 0.717) is 0 Å². The number of ether oxygens (including phenoxy) is 1. The number of fused-ring (bicyclic) bond motifs is 3. The molecule has 2 N–H and O–H groups in total. The molecule has 1 amide bonds. The average molecular weight is 388 g/mol. The van der Waals surface area contributed by atoms with Crippen LogP contribution in [0, 0.1) is 6.92 Å². The van der Waals surface area contributed by atoms with E-state index in [4.69, 9.17) is 9.84 Å². The minimum atomic E-state index is -1.08. The molecule has 0 unspecified atom stereocenters. The molecule has 0 atom stereocenters. The highest BCUT2D eigenvalue weighted by molar-refractivity contribution is 5.85. The molecule has 0 radical (unpaired) electrons. The van der Waals surface area contributed by atoms with Gasteiger partial charge in [0.15, 0.2) is 0 Å². The van der Waals surface area contributed by atoms with Gasteiger partial charge in [-0.2, -0.15) is 0 Å². The van der Waals surface area contributed by atoms with Crippen LogP contribution in [0.2, 0.25) is 0 Å². The van der Waals surface area contributed by atoms with E-state index in [1.807, 2.05) is 24.3 Å². The van der Waals surface area contributed by atoms with E-state index in [2.05, 4.69) is 34.6 Å². The summed E-state index contributed by atoms with van der Waals surface area (Å²) in [5, 5.41) is 11.7. The van der Waals surface area contributed by atoms with E-state index < -0.39 is 12.1 Å². The normalized spacial score (nSPS) is 12.2. The molecule has 6 nitrogen and oxygen atoms in total. The van der Waals surface area contributed by atoms with E-state index in [-0.39, 0.29) is 24.8 Å². The van der Waals surface area contributed by atoms with Crippen molar-refractivity contribution in [1.29, 1.82) is 0 Å². The quantitative estimate of drug-likeness (QED) is 0.686. The lowest BCUT2D eigenvalue weighted by Gasteiger charge is -2.15. The Labute approximate surface area is 168 Å². The van der Waals surface area contributed by atoms with Crippen LogP contribution < -0.4 is 5.32 Å². The Morgan fingerprint density at radius 3 is 2.28 bits per heavy atom. The molecule has 29 heavy (non-hydrogen) atoms. The number of rotatable bonds is 5. The summed E-state index contributed by atoms with van der Waals surface area (Å²) in [6.07, 6.45) is 0.941. The molecule has 6 heteroatoms. The fraction of sp³-hybridized carbons (Fsp3) is 0.174. The van der Waals surface area contributed by atoms with Gasteiger partial charge in [0.25, 0.3) is 0 Å². The Bertz CT molecular complexity index is 1050. The summed E-state index contributed by atoms with van der Waals surface area (Å²) in [6, 6.07) is 17.8. The van der Waals surface area contributed by atoms with Crippen molar-refractivity contribution in [3.63, 3.8) is 0 Å². The van der Waals surface area contributed by atoms with Crippen LogP contribution >= 0.6 is 0 Å². The van der Waals surface area contributed by atoms with Gasteiger partial charge < -0.3 is 15.2 Å². The average Bonchev–Trinajstić information content (AvgIpc) is 3.05. The molecule has 2 aromatic carbocycles. The lowest BCUT2D eigenvalue weighted by Crippen LogP contribution is -2.26. The SMILES string of the molecule is Cc1cc(C(=O)O)ncc1CNC(=O)OCC1c2ccccc2-c2ccccc21. The van der Waals surface area contributed by atoms with Crippen LogP contribution in [0.4, 0.5) is 4.79 Å². The van der Waals surface area contributed by atoms with Gasteiger partial charge >= 0.3 is 12.1 Å². The Morgan fingerprint density at radius 1 is 1.07 bits per heavy atom. The first kappa shape index (κ1) is 18.7. The van der Waals surface area contributed by atoms with Gasteiger partial charge in [0.05, 0.1) is 0 Å². The number of carboxylic acids is 1. The number of hydrogen-bond acceptors (Lipinski definition) is 4. The number of aryl methyl sites for hydroxylation is 1. The number of carboxylic acid groups (broad SMARTS) is 1. The Hall–Kier alpha value is -3.67. The summed E-state index contributed by atoms with van der Waals surface area (Å²) in [4.78, 5) is 27.1. The summed E-state index contributed by atoms with van der Waals surface area (Å²) in [7, 11) is 0. The third-order valence-electron chi connectivity index (χ3n) is 5.21. The molecule has 146 valence electrons. The Morgan fingerprint density at radius 2 is 1.69 bits per heavy atom. The second-order valence-corrected chi connectivity index (χ2v) is 6.98. The largest absolute Gasteiger partial charge is 0.477 e. The number of amides is 1. The lowest BCUT2D eigenvalue weighted by atomic mass is 9.98. The number of alkyl carbamates (subject to hydrolysis) is 1. The minimum Gasteiger partial charge on any atom is -0.477 e. The molecule has 0 saturated heterocycles. The summed E-state index contributed by atoms with van der Waals surface area (Å²) in [6.45, 7) is 2.24. The van der Waals surface area contributed by atoms with Crippen LogP contribution in [0.25, 0.3) is 11.1 Å². The maximum Gasteiger partial charge on any atom is 0.407 e. The highest BCUT2D eigenvalue weighted by atomic mass is 16.5. The standard InChI is InChI=1S/C23H20N2O4/c1-14-10-21(22(26)27)24-11-15(14)12-25-23(28)29-13-20-18-8-4-2-6-16(18)17-7-3-5-9-19(17)20/h2-11,20H,12-13H2,1H3,(H,25,28)(H,26,27). The number of carbonyl (C=O) groups excluding carboxylic acids is 1. The van der Waals surface area contributed by atoms with Crippen LogP contribution in [0.5, 0.6) is 0 Å². The van der Waals surface area contributed by atoms with E-state index in [0.717, 1.165) is 22.3 Å². The number of hydrogen-bond donors (Lipinski definition) is 2. The number of aromatic carboxylic acids is 1. The van der Waals surface area contributed by atoms with Crippen LogP contribution in [-0.2, 0) is 11.3 Å². The van der Waals surface area contributed by atoms with Crippen LogP contribution in [0.1, 0.15) is 38.7 Å². The fourth-order valence-corrected chi connectivity index (χ4v) is 3.70. The number of pyridine rings is 1. The molecule has 1 aliphatic carbocycles. The van der Waals surface area contributed by atoms with Crippen molar-refractivity contribution < 1.29 is 19.4 Å². The van der Waals surface area contributed by atoms with Gasteiger partial charge in [0.1, 0.15) is 12.3 Å². The van der Waals surface area contributed by atoms with E-state index in [9.17, 15) is 9.59 Å². The maximum absolute atomic E-state index is 12.2. The monoisotopic (exact) mass is 388 g/mol. The summed E-state index contributed by atoms with van der Waals surface area (Å²) in [5.74, 6) is -1.07. The second kappa shape index (κ2) is 7.75. The number of aromatic nitrogens is 1. The van der Waals surface area contributed by atoms with Gasteiger partial charge in [-0.15, -0.1) is 0 Å². The zero-order chi connectivity index (χ0) is 20.4. The predicted octanol–water partition coefficient (Wildman–Crippen LogP) is 4.13. The van der Waals surface area contributed by atoms with Crippen LogP contribution in [0.3, 0.4) is 0 Å². The predicted molar refractivity (Wildman–Crippen MR) is 108 cm³/mol. The van der Waals surface area contributed by atoms with Crippen molar-refractivity contribution in [2.45, 2.75) is 19.4 Å². The summed E-state index contributed by atoms with van der Waals surface area (Å²) in [5.41, 5.74) is 6.14. The highest BCUT2D eigenvalue weighted by Gasteiger charge is 2.28. The Kier molecular flexibility index (Phi) is 4.99. The van der Waals surface area contributed by atoms with Crippen molar-refractivity contribution >= 4 is 12.1 Å². The summed E-state index contributed by atoms with van der Waals surface area (Å²) >= 11 is 0. The lowest BCUT2D eigenvalue weighted by molar-refractivity contribution is 0.0690. The third-order valence-corrected chi connectivity index (χ3v) is 5.21. The highest BCUT2D eigenvalue weighted by Crippen LogP contribution is 2.44. The van der Waals surface area contributed by atoms with Gasteiger partial charge in [-0.05, 0) is 46.4 Å². The Balaban J connectivity index is 1.40. The second-order valence-electron chi connectivity index (χ2n) is 6.98. The van der Waals surface area contributed by atoms with Crippen molar-refractivity contribution in [3.05, 3.63) is 88.7 Å². The van der Waals surface area contributed by atoms with Gasteiger partial charge in [0.2, 0.25) is 0 Å². The zero-order valence-corrected chi connectivity index (χ0v) is 15.9. The molecule has 0 aliphatic heterocycles. The van der Waals surface area contributed by atoms with Gasteiger partial charge in [-0.3, -0.25) is 0 Å². The molecule has 0 spiro atoms. The molecule has 1 aromatic heterocycles. The molecule has 0 bridgehead atoms. The molecule has 3 aromatic rings. The summed E-state index contributed by atoms with van der Waals surface area (Å²) < 4.78 is 5.50. The van der Waals surface area contributed by atoms with E-state index in [1.165, 1.54) is 23.4 Å². The van der Waals surface area contributed by atoms with Gasteiger partial charge in [-0.1, -0.05) is 48.5 Å². The van der Waals surface area contributed by atoms with E-state index >= 15 is 0 Å². The number of benzene rings is 2. The van der Waals surface area contributed by atoms with Crippen molar-refractivity contribution in [1.82, 2.24) is 10.3 Å². The van der Waals surface area contributed by atoms with Gasteiger partial charge in [-0.25, -0.2) is 14.6 Å². The number of nitrogens with one attached hydrogen (secondary N) is 1. The van der Waals surface area contributed by atoms with Gasteiger partial charge in [0, 0.05) is 18.7 Å². The molecule has 1 aliphatic rings. The maximum atomic E-state index is 12.2. The molecule has 4 rings (SSSR count). The van der Waals surface area contributed by atoms with Crippen molar-refractivity contribution in [3.8, 4) is 11.1 Å². The van der Waals surface area contributed by atoms with Crippen LogP contribution in [-0.4, -0.2) is 28.8 Å². The zero-order valence-electron chi connectivity index (χ0n) is 15.9. The number of nitrogens with zero attached hydrogens (tertiary/aromatic N) is 1. The minimum absolute atomic E-state index is 0.00593. The van der Waals surface area contributed by atoms with Crippen molar-refractivity contribution in [2.75, 3.05) is 6.61 Å². The third kappa shape index (κ3) is 3.69. The molecule has 0 fully saturated rings. The first-order chi connectivity index (χ1) is 14.0. The fourth-order valence-electron chi connectivity index (χ4n) is 3.70. The first-order valence-corrected chi connectivity index (χ1v) is 9.32. The topological polar surface area (TPSA) is 88.5 Å². The molecular weight excluding hydrogens is 368 g/mol. The van der Waals surface area contributed by atoms with Crippen molar-refractivity contribution in [2.24, 2.45) is 0 Å². The van der Waals surface area contributed by atoms with E-state index in [1.54, 1.807) is 6.92 Å². The number of carbonyl (C=O) groups is 2. The molecule has 1 heterocycles. The molecule has 0 saturated carbocycles. The van der Waals surface area contributed by atoms with Crippen LogP contribution in [0.15, 0.2) is 60.8 Å².